The van der Waals surface area contributed by atoms with Crippen molar-refractivity contribution in [2.24, 2.45) is 11.7 Å². The van der Waals surface area contributed by atoms with E-state index in [9.17, 15) is 0 Å². The molecule has 1 rings (SSSR count). The molecule has 0 fully saturated rings. The Balaban J connectivity index is 2.94. The minimum atomic E-state index is 0.0474. The van der Waals surface area contributed by atoms with Crippen LogP contribution in [-0.2, 0) is 0 Å². The van der Waals surface area contributed by atoms with Crippen LogP contribution in [0, 0.1) is 5.92 Å². The quantitative estimate of drug-likeness (QED) is 0.656. The summed E-state index contributed by atoms with van der Waals surface area (Å²) in [5.41, 5.74) is 13.6. The van der Waals surface area contributed by atoms with E-state index >= 15 is 0 Å². The predicted molar refractivity (Wildman–Crippen MR) is 52.6 cm³/mol. The first-order valence-corrected chi connectivity index (χ1v) is 4.23. The van der Waals surface area contributed by atoms with Gasteiger partial charge in [-0.1, -0.05) is 32.0 Å². The van der Waals surface area contributed by atoms with Gasteiger partial charge in [0, 0.05) is 11.7 Å². The van der Waals surface area contributed by atoms with Gasteiger partial charge in [0.15, 0.2) is 0 Å². The molecule has 0 aliphatic carbocycles. The van der Waals surface area contributed by atoms with Crippen molar-refractivity contribution in [1.82, 2.24) is 0 Å². The highest BCUT2D eigenvalue weighted by molar-refractivity contribution is 5.48. The maximum atomic E-state index is 5.96. The van der Waals surface area contributed by atoms with Crippen molar-refractivity contribution in [3.8, 4) is 0 Å². The minimum Gasteiger partial charge on any atom is -0.398 e. The molecule has 12 heavy (non-hydrogen) atoms. The van der Waals surface area contributed by atoms with E-state index < -0.39 is 0 Å². The summed E-state index contributed by atoms with van der Waals surface area (Å²) in [7, 11) is 0. The van der Waals surface area contributed by atoms with Gasteiger partial charge in [0.1, 0.15) is 0 Å². The van der Waals surface area contributed by atoms with Crippen molar-refractivity contribution in [1.29, 1.82) is 0 Å². The molecule has 1 aromatic carbocycles. The molecule has 0 unspecified atom stereocenters. The summed E-state index contributed by atoms with van der Waals surface area (Å²) in [6, 6.07) is 7.81. The molecule has 0 saturated heterocycles. The topological polar surface area (TPSA) is 52.0 Å². The van der Waals surface area contributed by atoms with Crippen molar-refractivity contribution < 1.29 is 0 Å². The van der Waals surface area contributed by atoms with E-state index in [1.165, 1.54) is 0 Å². The molecule has 0 radical (unpaired) electrons. The van der Waals surface area contributed by atoms with Gasteiger partial charge in [-0.2, -0.15) is 0 Å². The van der Waals surface area contributed by atoms with Crippen molar-refractivity contribution in [2.75, 3.05) is 5.73 Å². The normalized spacial score (nSPS) is 13.3. The Hall–Kier alpha value is -1.02. The highest BCUT2D eigenvalue weighted by atomic mass is 14.7. The summed E-state index contributed by atoms with van der Waals surface area (Å²) in [4.78, 5) is 0. The number of hydrogen-bond acceptors (Lipinski definition) is 2. The number of nitrogen functional groups attached to an aromatic ring is 1. The fourth-order valence-electron chi connectivity index (χ4n) is 1.17. The van der Waals surface area contributed by atoms with Crippen LogP contribution in [0.2, 0.25) is 0 Å². The highest BCUT2D eigenvalue weighted by Gasteiger charge is 2.11. The average molecular weight is 164 g/mol. The van der Waals surface area contributed by atoms with Crippen LogP contribution in [0.4, 0.5) is 5.69 Å². The van der Waals surface area contributed by atoms with E-state index in [0.29, 0.717) is 5.92 Å². The zero-order valence-electron chi connectivity index (χ0n) is 7.62. The van der Waals surface area contributed by atoms with Gasteiger partial charge < -0.3 is 11.5 Å². The second-order valence-electron chi connectivity index (χ2n) is 3.40. The fourth-order valence-corrected chi connectivity index (χ4v) is 1.17. The number of rotatable bonds is 2. The van der Waals surface area contributed by atoms with Crippen LogP contribution in [-0.4, -0.2) is 0 Å². The Morgan fingerprint density at radius 2 is 1.75 bits per heavy atom. The molecule has 0 aliphatic rings. The van der Waals surface area contributed by atoms with Crippen LogP contribution in [0.5, 0.6) is 0 Å². The summed E-state index contributed by atoms with van der Waals surface area (Å²) >= 11 is 0. The summed E-state index contributed by atoms with van der Waals surface area (Å²) < 4.78 is 0. The summed E-state index contributed by atoms with van der Waals surface area (Å²) in [6.45, 7) is 4.19. The zero-order chi connectivity index (χ0) is 9.14. The van der Waals surface area contributed by atoms with Crippen molar-refractivity contribution in [2.45, 2.75) is 19.9 Å². The molecule has 0 aliphatic heterocycles. The molecule has 4 N–H and O–H groups in total. The van der Waals surface area contributed by atoms with Gasteiger partial charge in [-0.05, 0) is 17.5 Å². The van der Waals surface area contributed by atoms with Crippen LogP contribution in [0.3, 0.4) is 0 Å². The summed E-state index contributed by atoms with van der Waals surface area (Å²) in [6.07, 6.45) is 0. The lowest BCUT2D eigenvalue weighted by atomic mass is 9.96. The number of benzene rings is 1. The van der Waals surface area contributed by atoms with Gasteiger partial charge in [-0.15, -0.1) is 0 Å². The number of para-hydroxylation sites is 1. The molecule has 0 spiro atoms. The predicted octanol–water partition coefficient (Wildman–Crippen LogP) is 1.92. The first kappa shape index (κ1) is 9.07. The lowest BCUT2D eigenvalue weighted by Crippen LogP contribution is -2.17. The van der Waals surface area contributed by atoms with E-state index in [4.69, 9.17) is 11.5 Å². The number of hydrogen-bond donors (Lipinski definition) is 2. The molecule has 0 saturated carbocycles. The van der Waals surface area contributed by atoms with E-state index in [-0.39, 0.29) is 6.04 Å². The minimum absolute atomic E-state index is 0.0474. The van der Waals surface area contributed by atoms with E-state index in [0.717, 1.165) is 11.3 Å². The monoisotopic (exact) mass is 164 g/mol. The third-order valence-corrected chi connectivity index (χ3v) is 2.07. The van der Waals surface area contributed by atoms with E-state index in [1.54, 1.807) is 0 Å². The van der Waals surface area contributed by atoms with Crippen LogP contribution in [0.1, 0.15) is 25.5 Å². The number of nitrogens with two attached hydrogens (primary N) is 2. The Bertz CT molecular complexity index is 256. The van der Waals surface area contributed by atoms with Crippen LogP contribution in [0.25, 0.3) is 0 Å². The van der Waals surface area contributed by atoms with Crippen molar-refractivity contribution in [3.63, 3.8) is 0 Å². The first-order valence-electron chi connectivity index (χ1n) is 4.23. The first-order chi connectivity index (χ1) is 5.63. The molecular weight excluding hydrogens is 148 g/mol. The molecule has 0 aromatic heterocycles. The molecule has 1 atom stereocenters. The second-order valence-corrected chi connectivity index (χ2v) is 3.40. The molecule has 0 bridgehead atoms. The largest absolute Gasteiger partial charge is 0.398 e. The second kappa shape index (κ2) is 3.59. The van der Waals surface area contributed by atoms with Gasteiger partial charge in [-0.3, -0.25) is 0 Å². The summed E-state index contributed by atoms with van der Waals surface area (Å²) in [5.74, 6) is 0.426. The van der Waals surface area contributed by atoms with E-state index in [1.807, 2.05) is 24.3 Å². The molecule has 0 heterocycles. The van der Waals surface area contributed by atoms with Crippen LogP contribution < -0.4 is 11.5 Å². The Morgan fingerprint density at radius 1 is 1.17 bits per heavy atom. The maximum Gasteiger partial charge on any atom is 0.0362 e. The maximum absolute atomic E-state index is 5.96. The van der Waals surface area contributed by atoms with Crippen molar-refractivity contribution in [3.05, 3.63) is 29.8 Å². The molecule has 2 nitrogen and oxygen atoms in total. The third kappa shape index (κ3) is 1.77. The molecular formula is C10H16N2. The van der Waals surface area contributed by atoms with Gasteiger partial charge in [-0.25, -0.2) is 0 Å². The average Bonchev–Trinajstić information content (AvgIpc) is 2.04. The van der Waals surface area contributed by atoms with Crippen LogP contribution in [0.15, 0.2) is 24.3 Å². The fraction of sp³-hybridized carbons (Fsp3) is 0.400. The Morgan fingerprint density at radius 3 is 2.25 bits per heavy atom. The number of anilines is 1. The third-order valence-electron chi connectivity index (χ3n) is 2.07. The SMILES string of the molecule is CC(C)[C@H](N)c1ccccc1N. The van der Waals surface area contributed by atoms with Crippen LogP contribution >= 0.6 is 0 Å². The zero-order valence-corrected chi connectivity index (χ0v) is 7.62. The van der Waals surface area contributed by atoms with E-state index in [2.05, 4.69) is 13.8 Å². The molecule has 1 aromatic rings. The standard InChI is InChI=1S/C10H16N2/c1-7(2)10(12)8-5-3-4-6-9(8)11/h3-7,10H,11-12H2,1-2H3/t10-/m0/s1. The van der Waals surface area contributed by atoms with Crippen molar-refractivity contribution >= 4 is 5.69 Å². The summed E-state index contributed by atoms with van der Waals surface area (Å²) in [5, 5.41) is 0. The molecule has 2 heteroatoms. The van der Waals surface area contributed by atoms with Gasteiger partial charge >= 0.3 is 0 Å². The molecule has 0 amide bonds. The van der Waals surface area contributed by atoms with Gasteiger partial charge in [0.05, 0.1) is 0 Å². The smallest absolute Gasteiger partial charge is 0.0362 e. The lowest BCUT2D eigenvalue weighted by Gasteiger charge is -2.17. The highest BCUT2D eigenvalue weighted by Crippen LogP contribution is 2.23. The van der Waals surface area contributed by atoms with Gasteiger partial charge in [0.25, 0.3) is 0 Å². The Kier molecular flexibility index (Phi) is 2.71. The lowest BCUT2D eigenvalue weighted by molar-refractivity contribution is 0.515. The molecule has 66 valence electrons. The Labute approximate surface area is 73.6 Å². The van der Waals surface area contributed by atoms with Gasteiger partial charge in [0.2, 0.25) is 0 Å².